The summed E-state index contributed by atoms with van der Waals surface area (Å²) in [4.78, 5) is 4.38. The Bertz CT molecular complexity index is 281. The molecule has 4 saturated carbocycles. The van der Waals surface area contributed by atoms with E-state index in [-0.39, 0.29) is 0 Å². The Morgan fingerprint density at radius 3 is 2.00 bits per heavy atom. The molecule has 4 bridgehead atoms. The molecular weight excluding hydrogens is 202 g/mol. The third-order valence-corrected chi connectivity index (χ3v) is 5.32. The van der Waals surface area contributed by atoms with Crippen LogP contribution in [0, 0.1) is 23.2 Å². The van der Waals surface area contributed by atoms with E-state index in [0.717, 1.165) is 17.8 Å². The molecule has 4 aliphatic rings. The molecule has 0 heterocycles. The van der Waals surface area contributed by atoms with Gasteiger partial charge in [0.1, 0.15) is 0 Å². The maximum atomic E-state index is 4.77. The van der Waals surface area contributed by atoms with Crippen molar-refractivity contribution in [2.75, 3.05) is 0 Å². The van der Waals surface area contributed by atoms with E-state index in [2.05, 4.69) is 17.1 Å². The van der Waals surface area contributed by atoms with E-state index in [1.54, 1.807) is 0 Å². The zero-order valence-corrected chi connectivity index (χ0v) is 10.2. The lowest BCUT2D eigenvalue weighted by molar-refractivity contribution is -0.0631. The van der Waals surface area contributed by atoms with Gasteiger partial charge in [0.05, 0.1) is 11.2 Å². The number of aliphatic imine (C=N–C) groups is 1. The molecule has 0 amide bonds. The van der Waals surface area contributed by atoms with Gasteiger partial charge in [0, 0.05) is 0 Å². The highest BCUT2D eigenvalue weighted by Gasteiger charge is 2.53. The van der Waals surface area contributed by atoms with Crippen molar-refractivity contribution in [3.63, 3.8) is 0 Å². The van der Waals surface area contributed by atoms with Crippen molar-refractivity contribution in [1.82, 2.24) is 0 Å². The van der Waals surface area contributed by atoms with Crippen LogP contribution in [0.2, 0.25) is 0 Å². The Labute approximate surface area is 97.4 Å². The molecule has 0 aromatic heterocycles. The fourth-order valence-electron chi connectivity index (χ4n) is 4.91. The van der Waals surface area contributed by atoms with Gasteiger partial charge in [-0.3, -0.25) is 0 Å². The van der Waals surface area contributed by atoms with E-state index in [9.17, 15) is 0 Å². The quantitative estimate of drug-likeness (QED) is 0.511. The summed E-state index contributed by atoms with van der Waals surface area (Å²) < 4.78 is 0. The molecule has 0 unspecified atom stereocenters. The van der Waals surface area contributed by atoms with Crippen molar-refractivity contribution in [1.29, 1.82) is 0 Å². The zero-order valence-electron chi connectivity index (χ0n) is 9.41. The van der Waals surface area contributed by atoms with E-state index in [1.165, 1.54) is 38.5 Å². The molecule has 0 saturated heterocycles. The molecule has 1 nitrogen and oxygen atoms in total. The van der Waals surface area contributed by atoms with E-state index < -0.39 is 0 Å². The first kappa shape index (κ1) is 9.99. The molecule has 1 atom stereocenters. The van der Waals surface area contributed by atoms with Crippen LogP contribution in [0.15, 0.2) is 4.99 Å². The van der Waals surface area contributed by atoms with Crippen LogP contribution in [0.25, 0.3) is 0 Å². The first-order valence-corrected chi connectivity index (χ1v) is 6.70. The summed E-state index contributed by atoms with van der Waals surface area (Å²) >= 11 is 4.77. The van der Waals surface area contributed by atoms with Crippen LogP contribution in [-0.2, 0) is 0 Å². The largest absolute Gasteiger partial charge is 0.229 e. The highest BCUT2D eigenvalue weighted by molar-refractivity contribution is 7.78. The predicted octanol–water partition coefficient (Wildman–Crippen LogP) is 3.69. The topological polar surface area (TPSA) is 12.4 Å². The lowest BCUT2D eigenvalue weighted by Crippen LogP contribution is -2.50. The average Bonchev–Trinajstić information content (AvgIpc) is 2.15. The Hall–Kier alpha value is -0.200. The molecule has 4 aliphatic carbocycles. The van der Waals surface area contributed by atoms with Gasteiger partial charge >= 0.3 is 0 Å². The SMILES string of the molecule is C[C@@H](N=C=S)C12CC3CC(CC(C3)C1)C2. The molecule has 0 aromatic carbocycles. The maximum absolute atomic E-state index is 4.77. The summed E-state index contributed by atoms with van der Waals surface area (Å²) in [5.74, 6) is 3.04. The predicted molar refractivity (Wildman–Crippen MR) is 65.1 cm³/mol. The van der Waals surface area contributed by atoms with Gasteiger partial charge in [-0.15, -0.1) is 0 Å². The van der Waals surface area contributed by atoms with E-state index >= 15 is 0 Å². The van der Waals surface area contributed by atoms with Crippen molar-refractivity contribution in [3.05, 3.63) is 0 Å². The van der Waals surface area contributed by atoms with Crippen LogP contribution in [0.1, 0.15) is 45.4 Å². The molecule has 0 N–H and O–H groups in total. The first-order valence-electron chi connectivity index (χ1n) is 6.29. The smallest absolute Gasteiger partial charge is 0.0631 e. The van der Waals surface area contributed by atoms with Gasteiger partial charge in [-0.2, -0.15) is 0 Å². The molecule has 0 spiro atoms. The molecule has 4 rings (SSSR count). The summed E-state index contributed by atoms with van der Waals surface area (Å²) in [7, 11) is 0. The number of isothiocyanates is 1. The van der Waals surface area contributed by atoms with Crippen molar-refractivity contribution in [3.8, 4) is 0 Å². The highest BCUT2D eigenvalue weighted by atomic mass is 32.1. The Morgan fingerprint density at radius 2 is 1.60 bits per heavy atom. The molecule has 4 fully saturated rings. The molecule has 0 aromatic rings. The van der Waals surface area contributed by atoms with Crippen LogP contribution in [-0.4, -0.2) is 11.2 Å². The number of hydrogen-bond acceptors (Lipinski definition) is 2. The molecule has 2 heteroatoms. The zero-order chi connectivity index (χ0) is 10.5. The maximum Gasteiger partial charge on any atom is 0.0631 e. The minimum Gasteiger partial charge on any atom is -0.229 e. The third kappa shape index (κ3) is 1.50. The summed E-state index contributed by atoms with van der Waals surface area (Å²) in [6.07, 6.45) is 8.77. The van der Waals surface area contributed by atoms with Crippen molar-refractivity contribution in [2.45, 2.75) is 51.5 Å². The van der Waals surface area contributed by atoms with Crippen LogP contribution in [0.5, 0.6) is 0 Å². The standard InChI is InChI=1S/C13H19NS/c1-9(14-8-15)13-5-10-2-11(6-13)4-12(3-10)7-13/h9-12H,2-7H2,1H3/t9-,10?,11?,12?,13?/m1/s1. The third-order valence-electron chi connectivity index (χ3n) is 5.22. The summed E-state index contributed by atoms with van der Waals surface area (Å²) in [6.45, 7) is 2.26. The minimum atomic E-state index is 0.420. The van der Waals surface area contributed by atoms with Crippen molar-refractivity contribution < 1.29 is 0 Å². The number of nitrogens with zero attached hydrogens (tertiary/aromatic N) is 1. The highest BCUT2D eigenvalue weighted by Crippen LogP contribution is 2.61. The first-order chi connectivity index (χ1) is 7.22. The van der Waals surface area contributed by atoms with E-state index in [1.807, 2.05) is 0 Å². The molecule has 0 aliphatic heterocycles. The number of thiocarbonyl (C=S) groups is 1. The lowest BCUT2D eigenvalue weighted by Gasteiger charge is -2.58. The van der Waals surface area contributed by atoms with E-state index in [0.29, 0.717) is 11.5 Å². The van der Waals surface area contributed by atoms with Crippen LogP contribution in [0.4, 0.5) is 0 Å². The second kappa shape index (κ2) is 3.40. The van der Waals surface area contributed by atoms with Gasteiger partial charge in [0.2, 0.25) is 0 Å². The van der Waals surface area contributed by atoms with Gasteiger partial charge in [-0.05, 0) is 80.8 Å². The van der Waals surface area contributed by atoms with Crippen LogP contribution in [0.3, 0.4) is 0 Å². The molecule has 15 heavy (non-hydrogen) atoms. The monoisotopic (exact) mass is 221 g/mol. The van der Waals surface area contributed by atoms with E-state index in [4.69, 9.17) is 12.2 Å². The van der Waals surface area contributed by atoms with Gasteiger partial charge in [-0.1, -0.05) is 0 Å². The molecule has 0 radical (unpaired) electrons. The fraction of sp³-hybridized carbons (Fsp3) is 0.923. The second-order valence-corrected chi connectivity index (χ2v) is 6.36. The minimum absolute atomic E-state index is 0.420. The second-order valence-electron chi connectivity index (χ2n) is 6.18. The normalized spacial score (nSPS) is 48.7. The summed E-state index contributed by atoms with van der Waals surface area (Å²) in [5.41, 5.74) is 0.514. The lowest BCUT2D eigenvalue weighted by atomic mass is 9.48. The van der Waals surface area contributed by atoms with Gasteiger partial charge in [-0.25, -0.2) is 4.99 Å². The van der Waals surface area contributed by atoms with Gasteiger partial charge in [0.25, 0.3) is 0 Å². The Morgan fingerprint density at radius 1 is 1.13 bits per heavy atom. The average molecular weight is 221 g/mol. The van der Waals surface area contributed by atoms with Gasteiger partial charge in [0.15, 0.2) is 0 Å². The molecule has 82 valence electrons. The Balaban J connectivity index is 1.89. The molecular formula is C13H19NS. The van der Waals surface area contributed by atoms with Gasteiger partial charge < -0.3 is 0 Å². The van der Waals surface area contributed by atoms with Crippen molar-refractivity contribution >= 4 is 17.4 Å². The number of hydrogen-bond donors (Lipinski definition) is 0. The summed E-state index contributed by atoms with van der Waals surface area (Å²) in [5, 5.41) is 2.60. The van der Waals surface area contributed by atoms with Crippen LogP contribution < -0.4 is 0 Å². The van der Waals surface area contributed by atoms with Crippen molar-refractivity contribution in [2.24, 2.45) is 28.2 Å². The number of rotatable bonds is 2. The van der Waals surface area contributed by atoms with Crippen LogP contribution >= 0.6 is 12.2 Å². The summed E-state index contributed by atoms with van der Waals surface area (Å²) in [6, 6.07) is 0.420. The Kier molecular flexibility index (Phi) is 2.26. The fourth-order valence-corrected chi connectivity index (χ4v) is 5.06.